The fourth-order valence-corrected chi connectivity index (χ4v) is 2.21. The second-order valence-corrected chi connectivity index (χ2v) is 5.49. The van der Waals surface area contributed by atoms with Gasteiger partial charge < -0.3 is 15.8 Å². The monoisotopic (exact) mass is 371 g/mol. The lowest BCUT2D eigenvalue weighted by atomic mass is 10.1. The summed E-state index contributed by atoms with van der Waals surface area (Å²) in [6, 6.07) is 11.5. The summed E-state index contributed by atoms with van der Waals surface area (Å²) in [4.78, 5) is 23.8. The van der Waals surface area contributed by atoms with Gasteiger partial charge in [0.25, 0.3) is 0 Å². The molecule has 3 aromatic rings. The zero-order valence-corrected chi connectivity index (χ0v) is 14.0. The number of benzene rings is 2. The van der Waals surface area contributed by atoms with Gasteiger partial charge in [-0.2, -0.15) is 15.0 Å². The largest absolute Gasteiger partial charge is 0.457 e. The summed E-state index contributed by atoms with van der Waals surface area (Å²) in [5, 5.41) is 2.85. The lowest BCUT2D eigenvalue weighted by Gasteiger charge is -2.08. The van der Waals surface area contributed by atoms with Crippen molar-refractivity contribution in [3.63, 3.8) is 0 Å². The maximum Gasteiger partial charge on any atom is 0.310 e. The molecule has 7 nitrogen and oxygen atoms in total. The van der Waals surface area contributed by atoms with Gasteiger partial charge in [0.05, 0.1) is 6.42 Å². The minimum absolute atomic E-state index is 0.0743. The van der Waals surface area contributed by atoms with E-state index in [0.29, 0.717) is 5.69 Å². The van der Waals surface area contributed by atoms with Gasteiger partial charge in [0.2, 0.25) is 11.9 Å². The third kappa shape index (κ3) is 5.18. The summed E-state index contributed by atoms with van der Waals surface area (Å²) in [5.41, 5.74) is 6.41. The molecule has 27 heavy (non-hydrogen) atoms. The fraction of sp³-hybridized carbons (Fsp3) is 0.111. The first-order chi connectivity index (χ1) is 13.0. The molecule has 2 aromatic carbocycles. The third-order valence-corrected chi connectivity index (χ3v) is 3.45. The maximum absolute atomic E-state index is 13.6. The number of esters is 1. The van der Waals surface area contributed by atoms with E-state index in [4.69, 9.17) is 10.5 Å². The number of hydrogen-bond acceptors (Lipinski definition) is 7. The maximum atomic E-state index is 13.6. The molecular formula is C18H15F2N5O2. The van der Waals surface area contributed by atoms with E-state index in [1.165, 1.54) is 42.5 Å². The van der Waals surface area contributed by atoms with E-state index in [9.17, 15) is 13.6 Å². The van der Waals surface area contributed by atoms with Crippen LogP contribution < -0.4 is 11.1 Å². The molecule has 3 N–H and O–H groups in total. The molecule has 0 fully saturated rings. The quantitative estimate of drug-likeness (QED) is 0.642. The third-order valence-electron chi connectivity index (χ3n) is 3.45. The van der Waals surface area contributed by atoms with Crippen LogP contribution in [0.15, 0.2) is 48.5 Å². The molecule has 0 aliphatic rings. The van der Waals surface area contributed by atoms with Gasteiger partial charge in [-0.3, -0.25) is 4.79 Å². The first-order valence-electron chi connectivity index (χ1n) is 7.91. The van der Waals surface area contributed by atoms with Gasteiger partial charge >= 0.3 is 5.97 Å². The minimum atomic E-state index is -0.632. The number of hydrogen-bond donors (Lipinski definition) is 2. The molecule has 0 saturated carbocycles. The molecule has 138 valence electrons. The number of ether oxygens (including phenoxy) is 1. The summed E-state index contributed by atoms with van der Waals surface area (Å²) in [7, 11) is 0. The Bertz CT molecular complexity index is 951. The lowest BCUT2D eigenvalue weighted by molar-refractivity contribution is -0.144. The van der Waals surface area contributed by atoms with Crippen LogP contribution in [0.2, 0.25) is 0 Å². The summed E-state index contributed by atoms with van der Waals surface area (Å²) < 4.78 is 31.6. The summed E-state index contributed by atoms with van der Waals surface area (Å²) in [6.07, 6.45) is -0.214. The summed E-state index contributed by atoms with van der Waals surface area (Å²) in [5.74, 6) is -1.33. The zero-order chi connectivity index (χ0) is 19.2. The van der Waals surface area contributed by atoms with Gasteiger partial charge in [-0.05, 0) is 35.9 Å². The molecule has 0 aliphatic heterocycles. The Labute approximate surface area is 153 Å². The normalized spacial score (nSPS) is 10.4. The number of nitrogens with one attached hydrogen (secondary N) is 1. The SMILES string of the molecule is Nc1nc(COC(=O)Cc2ccccc2F)nc(Nc2ccc(F)cc2)n1. The van der Waals surface area contributed by atoms with Crippen molar-refractivity contribution in [3.8, 4) is 0 Å². The van der Waals surface area contributed by atoms with Crippen LogP contribution in [0.5, 0.6) is 0 Å². The van der Waals surface area contributed by atoms with Crippen LogP contribution >= 0.6 is 0 Å². The molecule has 1 aromatic heterocycles. The van der Waals surface area contributed by atoms with Crippen LogP contribution in [0.3, 0.4) is 0 Å². The highest BCUT2D eigenvalue weighted by Crippen LogP contribution is 2.14. The number of halogens is 2. The number of anilines is 3. The molecule has 0 spiro atoms. The van der Waals surface area contributed by atoms with Crippen molar-refractivity contribution in [1.82, 2.24) is 15.0 Å². The average Bonchev–Trinajstić information content (AvgIpc) is 2.63. The summed E-state index contributed by atoms with van der Waals surface area (Å²) in [6.45, 7) is -0.252. The van der Waals surface area contributed by atoms with Gasteiger partial charge in [0, 0.05) is 5.69 Å². The van der Waals surface area contributed by atoms with Crippen LogP contribution in [0, 0.1) is 11.6 Å². The molecule has 0 saturated heterocycles. The zero-order valence-electron chi connectivity index (χ0n) is 14.0. The molecule has 9 heteroatoms. The number of nitrogens with zero attached hydrogens (tertiary/aromatic N) is 3. The van der Waals surface area contributed by atoms with Gasteiger partial charge in [-0.15, -0.1) is 0 Å². The Hall–Kier alpha value is -3.62. The lowest BCUT2D eigenvalue weighted by Crippen LogP contribution is -2.13. The number of nitrogen functional groups attached to an aromatic ring is 1. The van der Waals surface area contributed by atoms with Crippen molar-refractivity contribution in [2.45, 2.75) is 13.0 Å². The Morgan fingerprint density at radius 3 is 2.52 bits per heavy atom. The standard InChI is InChI=1S/C18H15F2N5O2/c19-12-5-7-13(8-6-12)22-18-24-15(23-17(21)25-18)10-27-16(26)9-11-3-1-2-4-14(11)20/h1-8H,9-10H2,(H3,21,22,23,24,25). The first kappa shape index (κ1) is 18.2. The Morgan fingerprint density at radius 2 is 1.78 bits per heavy atom. The predicted molar refractivity (Wildman–Crippen MR) is 93.8 cm³/mol. The highest BCUT2D eigenvalue weighted by Gasteiger charge is 2.11. The fourth-order valence-electron chi connectivity index (χ4n) is 2.21. The molecule has 1 heterocycles. The van der Waals surface area contributed by atoms with E-state index in [-0.39, 0.29) is 42.1 Å². The van der Waals surface area contributed by atoms with Crippen molar-refractivity contribution in [3.05, 3.63) is 71.6 Å². The van der Waals surface area contributed by atoms with Crippen molar-refractivity contribution in [1.29, 1.82) is 0 Å². The van der Waals surface area contributed by atoms with Crippen LogP contribution in [-0.4, -0.2) is 20.9 Å². The van der Waals surface area contributed by atoms with Crippen LogP contribution in [-0.2, 0) is 22.6 Å². The van der Waals surface area contributed by atoms with Crippen LogP contribution in [0.4, 0.5) is 26.4 Å². The first-order valence-corrected chi connectivity index (χ1v) is 7.91. The second-order valence-electron chi connectivity index (χ2n) is 5.49. The molecule has 0 aliphatic carbocycles. The molecule has 0 unspecified atom stereocenters. The molecule has 0 amide bonds. The minimum Gasteiger partial charge on any atom is -0.457 e. The average molecular weight is 371 g/mol. The van der Waals surface area contributed by atoms with Gasteiger partial charge in [0.1, 0.15) is 11.6 Å². The van der Waals surface area contributed by atoms with Crippen molar-refractivity contribution >= 4 is 23.6 Å². The van der Waals surface area contributed by atoms with Crippen LogP contribution in [0.25, 0.3) is 0 Å². The van der Waals surface area contributed by atoms with E-state index in [0.717, 1.165) is 0 Å². The molecular weight excluding hydrogens is 356 g/mol. The molecule has 0 radical (unpaired) electrons. The van der Waals surface area contributed by atoms with Crippen molar-refractivity contribution in [2.24, 2.45) is 0 Å². The number of nitrogens with two attached hydrogens (primary N) is 1. The topological polar surface area (TPSA) is 103 Å². The van der Waals surface area contributed by atoms with E-state index >= 15 is 0 Å². The van der Waals surface area contributed by atoms with E-state index < -0.39 is 11.8 Å². The molecule has 0 bridgehead atoms. The van der Waals surface area contributed by atoms with Gasteiger partial charge in [0.15, 0.2) is 12.4 Å². The predicted octanol–water partition coefficient (Wildman–Crippen LogP) is 2.76. The Balaban J connectivity index is 1.63. The van der Waals surface area contributed by atoms with E-state index in [1.54, 1.807) is 6.07 Å². The highest BCUT2D eigenvalue weighted by atomic mass is 19.1. The van der Waals surface area contributed by atoms with E-state index in [1.807, 2.05) is 0 Å². The molecule has 3 rings (SSSR count). The number of carbonyl (C=O) groups excluding carboxylic acids is 1. The number of carbonyl (C=O) groups is 1. The Kier molecular flexibility index (Phi) is 5.50. The summed E-state index contributed by atoms with van der Waals surface area (Å²) >= 11 is 0. The Morgan fingerprint density at radius 1 is 1.04 bits per heavy atom. The van der Waals surface area contributed by atoms with Crippen LogP contribution in [0.1, 0.15) is 11.4 Å². The van der Waals surface area contributed by atoms with Gasteiger partial charge in [-0.25, -0.2) is 8.78 Å². The smallest absolute Gasteiger partial charge is 0.310 e. The number of aromatic nitrogens is 3. The van der Waals surface area contributed by atoms with Crippen molar-refractivity contribution < 1.29 is 18.3 Å². The van der Waals surface area contributed by atoms with E-state index in [2.05, 4.69) is 20.3 Å². The number of rotatable bonds is 6. The van der Waals surface area contributed by atoms with Gasteiger partial charge in [-0.1, -0.05) is 18.2 Å². The molecule has 0 atom stereocenters. The second kappa shape index (κ2) is 8.17. The van der Waals surface area contributed by atoms with Crippen molar-refractivity contribution in [2.75, 3.05) is 11.1 Å². The highest BCUT2D eigenvalue weighted by molar-refractivity contribution is 5.72.